The zero-order valence-electron chi connectivity index (χ0n) is 15.1. The van der Waals surface area contributed by atoms with Gasteiger partial charge in [-0.2, -0.15) is 0 Å². The monoisotopic (exact) mass is 381 g/mol. The van der Waals surface area contributed by atoms with Crippen molar-refractivity contribution >= 4 is 28.0 Å². The summed E-state index contributed by atoms with van der Waals surface area (Å²) in [7, 11) is 0. The number of thiazole rings is 1. The first-order valence-corrected chi connectivity index (χ1v) is 10.2. The van der Waals surface area contributed by atoms with E-state index in [9.17, 15) is 4.79 Å². The third kappa shape index (κ3) is 4.64. The van der Waals surface area contributed by atoms with Crippen LogP contribution in [0.1, 0.15) is 18.4 Å². The molecule has 0 spiro atoms. The average molecular weight is 382 g/mol. The number of para-hydroxylation sites is 1. The zero-order valence-corrected chi connectivity index (χ0v) is 16.0. The normalized spacial score (nSPS) is 15.7. The molecule has 2 heterocycles. The fourth-order valence-electron chi connectivity index (χ4n) is 3.43. The van der Waals surface area contributed by atoms with Crippen molar-refractivity contribution in [2.75, 3.05) is 19.6 Å². The Labute approximate surface area is 163 Å². The molecule has 3 aromatic rings. The number of ether oxygens (including phenoxy) is 1. The van der Waals surface area contributed by atoms with Crippen LogP contribution in [0.4, 0.5) is 0 Å². The lowest BCUT2D eigenvalue weighted by molar-refractivity contribution is -0.110. The van der Waals surface area contributed by atoms with E-state index in [1.54, 1.807) is 11.3 Å². The first-order chi connectivity index (χ1) is 13.3. The molecule has 4 rings (SSSR count). The molecule has 1 amide bonds. The van der Waals surface area contributed by atoms with Gasteiger partial charge in [0, 0.05) is 25.7 Å². The molecule has 0 atom stereocenters. The lowest BCUT2D eigenvalue weighted by Gasteiger charge is -2.31. The first kappa shape index (κ1) is 17.9. The Hall–Kier alpha value is -2.44. The van der Waals surface area contributed by atoms with Crippen LogP contribution in [0.2, 0.25) is 0 Å². The van der Waals surface area contributed by atoms with Gasteiger partial charge >= 0.3 is 0 Å². The highest BCUT2D eigenvalue weighted by Crippen LogP contribution is 2.31. The summed E-state index contributed by atoms with van der Waals surface area (Å²) in [6, 6.07) is 16.7. The van der Waals surface area contributed by atoms with Gasteiger partial charge in [-0.1, -0.05) is 35.6 Å². The Balaban J connectivity index is 1.28. The fourth-order valence-corrected chi connectivity index (χ4v) is 4.26. The summed E-state index contributed by atoms with van der Waals surface area (Å²) in [5.41, 5.74) is 2.28. The predicted octanol–water partition coefficient (Wildman–Crippen LogP) is 3.84. The van der Waals surface area contributed by atoms with E-state index in [0.29, 0.717) is 11.2 Å². The van der Waals surface area contributed by atoms with Crippen LogP contribution >= 0.6 is 11.3 Å². The SMILES string of the molecule is O=CNC1CCN(CCc2ccc(Oc3nc4ccccc4s3)cc2)CC1. The topological polar surface area (TPSA) is 54.5 Å². The minimum Gasteiger partial charge on any atom is -0.431 e. The van der Waals surface area contributed by atoms with Crippen LogP contribution in [0.15, 0.2) is 48.5 Å². The lowest BCUT2D eigenvalue weighted by Crippen LogP contribution is -2.42. The van der Waals surface area contributed by atoms with E-state index in [0.717, 1.165) is 61.3 Å². The second-order valence-electron chi connectivity index (χ2n) is 6.84. The molecule has 0 unspecified atom stereocenters. The van der Waals surface area contributed by atoms with Gasteiger partial charge in [-0.3, -0.25) is 4.79 Å². The van der Waals surface area contributed by atoms with E-state index in [1.165, 1.54) is 5.56 Å². The average Bonchev–Trinajstić information content (AvgIpc) is 3.11. The molecule has 1 aromatic heterocycles. The summed E-state index contributed by atoms with van der Waals surface area (Å²) < 4.78 is 7.04. The number of carbonyl (C=O) groups is 1. The molecule has 1 aliphatic rings. The predicted molar refractivity (Wildman–Crippen MR) is 109 cm³/mol. The molecule has 5 nitrogen and oxygen atoms in total. The number of fused-ring (bicyclic) bond motifs is 1. The quantitative estimate of drug-likeness (QED) is 0.632. The van der Waals surface area contributed by atoms with Gasteiger partial charge in [0.25, 0.3) is 5.19 Å². The zero-order chi connectivity index (χ0) is 18.5. The standard InChI is InChI=1S/C21H23N3O2S/c25-15-22-17-10-13-24(14-11-17)12-9-16-5-7-18(8-6-16)26-21-23-19-3-1-2-4-20(19)27-21/h1-8,15,17H,9-14H2,(H,22,25). The molecule has 0 aliphatic carbocycles. The van der Waals surface area contributed by atoms with Crippen molar-refractivity contribution in [3.05, 3.63) is 54.1 Å². The molecule has 1 fully saturated rings. The van der Waals surface area contributed by atoms with Gasteiger partial charge in [0.15, 0.2) is 0 Å². The number of benzene rings is 2. The van der Waals surface area contributed by atoms with Crippen molar-refractivity contribution in [2.45, 2.75) is 25.3 Å². The minimum atomic E-state index is 0.345. The Morgan fingerprint density at radius 3 is 2.67 bits per heavy atom. The van der Waals surface area contributed by atoms with Crippen LogP contribution in [0.5, 0.6) is 10.9 Å². The lowest BCUT2D eigenvalue weighted by atomic mass is 10.0. The van der Waals surface area contributed by atoms with Crippen molar-refractivity contribution in [3.8, 4) is 10.9 Å². The van der Waals surface area contributed by atoms with E-state index in [2.05, 4.69) is 33.4 Å². The maximum atomic E-state index is 10.5. The van der Waals surface area contributed by atoms with E-state index in [1.807, 2.05) is 30.3 Å². The summed E-state index contributed by atoms with van der Waals surface area (Å²) in [6.07, 6.45) is 3.91. The van der Waals surface area contributed by atoms with Gasteiger partial charge < -0.3 is 15.0 Å². The third-order valence-electron chi connectivity index (χ3n) is 5.01. The Kier molecular flexibility index (Phi) is 5.65. The fraction of sp³-hybridized carbons (Fsp3) is 0.333. The van der Waals surface area contributed by atoms with Crippen molar-refractivity contribution in [1.29, 1.82) is 0 Å². The summed E-state index contributed by atoms with van der Waals surface area (Å²) >= 11 is 1.56. The number of likely N-dealkylation sites (tertiary alicyclic amines) is 1. The maximum absolute atomic E-state index is 10.5. The largest absolute Gasteiger partial charge is 0.431 e. The molecule has 27 heavy (non-hydrogen) atoms. The van der Waals surface area contributed by atoms with Crippen LogP contribution in [-0.4, -0.2) is 42.0 Å². The molecule has 1 saturated heterocycles. The molecule has 0 bridgehead atoms. The molecular weight excluding hydrogens is 358 g/mol. The number of rotatable bonds is 7. The maximum Gasteiger partial charge on any atom is 0.279 e. The number of carbonyl (C=O) groups excluding carboxylic acids is 1. The third-order valence-corrected chi connectivity index (χ3v) is 5.93. The first-order valence-electron chi connectivity index (χ1n) is 9.34. The number of nitrogens with zero attached hydrogens (tertiary/aromatic N) is 2. The van der Waals surface area contributed by atoms with Crippen molar-refractivity contribution in [3.63, 3.8) is 0 Å². The summed E-state index contributed by atoms with van der Waals surface area (Å²) in [5.74, 6) is 0.818. The Morgan fingerprint density at radius 2 is 1.93 bits per heavy atom. The van der Waals surface area contributed by atoms with Crippen molar-refractivity contribution < 1.29 is 9.53 Å². The Morgan fingerprint density at radius 1 is 1.15 bits per heavy atom. The molecule has 140 valence electrons. The van der Waals surface area contributed by atoms with Crippen LogP contribution in [-0.2, 0) is 11.2 Å². The van der Waals surface area contributed by atoms with Gasteiger partial charge in [-0.05, 0) is 49.1 Å². The summed E-state index contributed by atoms with van der Waals surface area (Å²) in [6.45, 7) is 3.14. The van der Waals surface area contributed by atoms with E-state index >= 15 is 0 Å². The molecule has 0 radical (unpaired) electrons. The molecular formula is C21H23N3O2S. The molecule has 6 heteroatoms. The number of amides is 1. The van der Waals surface area contributed by atoms with Crippen LogP contribution in [0.25, 0.3) is 10.2 Å². The van der Waals surface area contributed by atoms with Gasteiger partial charge in [0.05, 0.1) is 10.2 Å². The van der Waals surface area contributed by atoms with E-state index in [4.69, 9.17) is 4.74 Å². The summed E-state index contributed by atoms with van der Waals surface area (Å²) in [5, 5.41) is 3.56. The number of hydrogen-bond acceptors (Lipinski definition) is 5. The second-order valence-corrected chi connectivity index (χ2v) is 7.84. The van der Waals surface area contributed by atoms with Crippen molar-refractivity contribution in [2.24, 2.45) is 0 Å². The van der Waals surface area contributed by atoms with Gasteiger partial charge in [0.2, 0.25) is 6.41 Å². The second kappa shape index (κ2) is 8.50. The number of nitrogens with one attached hydrogen (secondary N) is 1. The Bertz CT molecular complexity index is 853. The number of aromatic nitrogens is 1. The van der Waals surface area contributed by atoms with E-state index < -0.39 is 0 Å². The molecule has 1 N–H and O–H groups in total. The number of hydrogen-bond donors (Lipinski definition) is 1. The van der Waals surface area contributed by atoms with Crippen LogP contribution < -0.4 is 10.1 Å². The van der Waals surface area contributed by atoms with Crippen LogP contribution in [0.3, 0.4) is 0 Å². The van der Waals surface area contributed by atoms with Crippen LogP contribution in [0, 0.1) is 0 Å². The number of piperidine rings is 1. The molecule has 0 saturated carbocycles. The van der Waals surface area contributed by atoms with Gasteiger partial charge in [-0.15, -0.1) is 0 Å². The molecule has 1 aliphatic heterocycles. The van der Waals surface area contributed by atoms with E-state index in [-0.39, 0.29) is 0 Å². The van der Waals surface area contributed by atoms with Gasteiger partial charge in [0.1, 0.15) is 5.75 Å². The highest BCUT2D eigenvalue weighted by Gasteiger charge is 2.18. The highest BCUT2D eigenvalue weighted by atomic mass is 32.1. The smallest absolute Gasteiger partial charge is 0.279 e. The summed E-state index contributed by atoms with van der Waals surface area (Å²) in [4.78, 5) is 17.5. The molecule has 2 aromatic carbocycles. The minimum absolute atomic E-state index is 0.345. The highest BCUT2D eigenvalue weighted by molar-refractivity contribution is 7.20. The van der Waals surface area contributed by atoms with Crippen molar-refractivity contribution in [1.82, 2.24) is 15.2 Å². The van der Waals surface area contributed by atoms with Gasteiger partial charge in [-0.25, -0.2) is 4.98 Å².